The Balaban J connectivity index is 1.16. The van der Waals surface area contributed by atoms with E-state index in [0.717, 1.165) is 22.3 Å². The Morgan fingerprint density at radius 3 is 2.00 bits per heavy atom. The second kappa shape index (κ2) is 26.5. The van der Waals surface area contributed by atoms with E-state index in [1.165, 1.54) is 18.9 Å². The minimum Gasteiger partial charge on any atom is -0.459 e. The summed E-state index contributed by atoms with van der Waals surface area (Å²) < 4.78 is 50.6. The first-order valence-electron chi connectivity index (χ1n) is 28.1. The van der Waals surface area contributed by atoms with Crippen molar-refractivity contribution in [2.75, 3.05) is 33.4 Å². The molecule has 4 aliphatic rings. The standard InChI is InChI=1S/C62H73N5O15/c1-9-49-62(7)53(67(60(74)82-62)31-21-20-30-64-66-63)37(3)50(68)36(2)33-61(6,75-8)54(38(4)51(69)39(5)55(70)79-49)81-58-52(80-57(72)41-24-14-11-15-25-41)48(32-42(78-58)34-76-56(71)40-22-12-10-13-23-40)65-59(73)77-35-47-45-28-18-16-26-43(45)44-27-17-19-29-46(44)47/h10-19,22-29,36-39,42,47-49,52-54,58H,9,20-21,30-35H2,1-8H3,(H,65,73)/t36-,37+,38+,39-,42?,48?,49-,52?,53-,54-,58?,61+,62-/m1/s1. The molecular formula is C62H73N5O15. The van der Waals surface area contributed by atoms with Crippen LogP contribution >= 0.6 is 0 Å². The normalized spacial score (nSPS) is 29.4. The largest absolute Gasteiger partial charge is 0.459 e. The number of carbonyl (C=O) groups is 7. The Morgan fingerprint density at radius 2 is 1.39 bits per heavy atom. The molecule has 3 fully saturated rings. The van der Waals surface area contributed by atoms with Crippen LogP contribution in [-0.2, 0) is 52.3 Å². The van der Waals surface area contributed by atoms with Crippen LogP contribution in [0.25, 0.3) is 21.6 Å². The van der Waals surface area contributed by atoms with Gasteiger partial charge in [0.1, 0.15) is 31.0 Å². The zero-order valence-corrected chi connectivity index (χ0v) is 47.6. The van der Waals surface area contributed by atoms with Gasteiger partial charge in [-0.15, -0.1) is 0 Å². The SMILES string of the molecule is CC[C@H]1OC(=O)[C@H](C)C(=O)[C@H](C)[C@@H](OC2OC(COC(=O)c3ccccc3)CC(NC(=O)OCC3c4ccccc4-c4ccccc43)C2OC(=O)c2ccccc2)[C@@](C)(OC)C[C@@H](C)C(=O)[C@H](C)[C@H]2N(CCCCN=[N+]=[N-])C(=O)O[C@]12C. The molecule has 8 rings (SSSR count). The topological polar surface area (TPSA) is 257 Å². The van der Waals surface area contributed by atoms with Crippen molar-refractivity contribution in [2.45, 2.75) is 140 Å². The molecule has 1 aliphatic carbocycles. The number of cyclic esters (lactones) is 1. The number of unbranched alkanes of at least 4 members (excludes halogenated alkanes) is 1. The molecule has 4 unspecified atom stereocenters. The fraction of sp³-hybridized carbons (Fsp3) is 0.500. The lowest BCUT2D eigenvalue weighted by Gasteiger charge is -2.47. The van der Waals surface area contributed by atoms with Crippen LogP contribution in [0.2, 0.25) is 0 Å². The summed E-state index contributed by atoms with van der Waals surface area (Å²) in [5.74, 6) is -8.17. The molecule has 2 amide bonds. The van der Waals surface area contributed by atoms with Crippen LogP contribution in [0, 0.1) is 23.7 Å². The van der Waals surface area contributed by atoms with Crippen molar-refractivity contribution in [3.8, 4) is 11.1 Å². The Hall–Kier alpha value is -7.64. The van der Waals surface area contributed by atoms with E-state index in [2.05, 4.69) is 15.3 Å². The molecule has 3 saturated heterocycles. The zero-order valence-electron chi connectivity index (χ0n) is 47.6. The molecule has 20 heteroatoms. The number of esters is 3. The second-order valence-corrected chi connectivity index (χ2v) is 22.1. The highest BCUT2D eigenvalue weighted by molar-refractivity contribution is 6.00. The molecule has 0 radical (unpaired) electrons. The number of benzene rings is 4. The van der Waals surface area contributed by atoms with Crippen molar-refractivity contribution in [2.24, 2.45) is 28.8 Å². The number of nitrogens with zero attached hydrogens (tertiary/aromatic N) is 4. The fourth-order valence-corrected chi connectivity index (χ4v) is 12.4. The molecular weight excluding hydrogens is 1050 g/mol. The first-order valence-corrected chi connectivity index (χ1v) is 28.1. The third-order valence-electron chi connectivity index (χ3n) is 16.7. The molecule has 20 nitrogen and oxygen atoms in total. The number of ether oxygens (including phenoxy) is 8. The smallest absolute Gasteiger partial charge is 0.410 e. The number of carbonyl (C=O) groups excluding carboxylic acids is 7. The maximum absolute atomic E-state index is 15.1. The summed E-state index contributed by atoms with van der Waals surface area (Å²) >= 11 is 0. The third-order valence-corrected chi connectivity index (χ3v) is 16.7. The van der Waals surface area contributed by atoms with E-state index in [0.29, 0.717) is 12.8 Å². The van der Waals surface area contributed by atoms with Gasteiger partial charge in [0.05, 0.1) is 41.0 Å². The Labute approximate surface area is 477 Å². The van der Waals surface area contributed by atoms with Gasteiger partial charge in [0.2, 0.25) is 0 Å². The number of fused-ring (bicyclic) bond motifs is 4. The van der Waals surface area contributed by atoms with Gasteiger partial charge in [-0.1, -0.05) is 118 Å². The van der Waals surface area contributed by atoms with Crippen molar-refractivity contribution in [1.29, 1.82) is 0 Å². The molecule has 13 atom stereocenters. The maximum atomic E-state index is 15.1. The summed E-state index contributed by atoms with van der Waals surface area (Å²) in [6, 6.07) is 30.1. The highest BCUT2D eigenvalue weighted by Crippen LogP contribution is 2.46. The summed E-state index contributed by atoms with van der Waals surface area (Å²) in [5, 5.41) is 6.54. The molecule has 436 valence electrons. The number of alkyl carbamates (subject to hydrolysis) is 1. The summed E-state index contributed by atoms with van der Waals surface area (Å²) in [7, 11) is 1.39. The lowest BCUT2D eigenvalue weighted by molar-refractivity contribution is -0.294. The van der Waals surface area contributed by atoms with Gasteiger partial charge in [0.15, 0.2) is 23.8 Å². The van der Waals surface area contributed by atoms with E-state index < -0.39 is 114 Å². The number of hydrogen-bond acceptors (Lipinski definition) is 16. The van der Waals surface area contributed by atoms with Crippen LogP contribution in [0.15, 0.2) is 114 Å². The first-order chi connectivity index (χ1) is 39.3. The lowest BCUT2D eigenvalue weighted by atomic mass is 9.73. The number of nitrogens with one attached hydrogen (secondary N) is 1. The monoisotopic (exact) mass is 1130 g/mol. The van der Waals surface area contributed by atoms with E-state index in [-0.39, 0.29) is 68.4 Å². The molecule has 0 spiro atoms. The summed E-state index contributed by atoms with van der Waals surface area (Å²) in [5.41, 5.74) is 10.1. The quantitative estimate of drug-likeness (QED) is 0.0196. The predicted octanol–water partition coefficient (Wildman–Crippen LogP) is 9.96. The van der Waals surface area contributed by atoms with Crippen LogP contribution in [0.3, 0.4) is 0 Å². The predicted molar refractivity (Wildman–Crippen MR) is 298 cm³/mol. The Kier molecular flexibility index (Phi) is 19.5. The van der Waals surface area contributed by atoms with E-state index in [1.54, 1.807) is 102 Å². The molecule has 4 aromatic rings. The molecule has 4 aromatic carbocycles. The molecule has 0 bridgehead atoms. The summed E-state index contributed by atoms with van der Waals surface area (Å²) in [4.78, 5) is 105. The van der Waals surface area contributed by atoms with Crippen molar-refractivity contribution in [3.05, 3.63) is 142 Å². The summed E-state index contributed by atoms with van der Waals surface area (Å²) in [6.07, 6.45) is -7.58. The van der Waals surface area contributed by atoms with Gasteiger partial charge in [-0.3, -0.25) is 14.4 Å². The van der Waals surface area contributed by atoms with E-state index >= 15 is 9.59 Å². The summed E-state index contributed by atoms with van der Waals surface area (Å²) in [6.45, 7) is 11.3. The average Bonchev–Trinajstić information content (AvgIpc) is 3.95. The second-order valence-electron chi connectivity index (χ2n) is 22.1. The van der Waals surface area contributed by atoms with Gasteiger partial charge >= 0.3 is 30.1 Å². The highest BCUT2D eigenvalue weighted by Gasteiger charge is 2.60. The van der Waals surface area contributed by atoms with E-state index in [4.69, 9.17) is 43.4 Å². The van der Waals surface area contributed by atoms with Crippen molar-refractivity contribution in [3.63, 3.8) is 0 Å². The maximum Gasteiger partial charge on any atom is 0.410 e. The van der Waals surface area contributed by atoms with Crippen molar-refractivity contribution in [1.82, 2.24) is 10.2 Å². The molecule has 0 saturated carbocycles. The Morgan fingerprint density at radius 1 is 0.780 bits per heavy atom. The van der Waals surface area contributed by atoms with E-state index in [9.17, 15) is 24.0 Å². The zero-order chi connectivity index (χ0) is 58.9. The number of amides is 2. The molecule has 82 heavy (non-hydrogen) atoms. The molecule has 3 heterocycles. The number of methoxy groups -OCH3 is 1. The highest BCUT2D eigenvalue weighted by atomic mass is 16.7. The van der Waals surface area contributed by atoms with Gasteiger partial charge < -0.3 is 48.1 Å². The van der Waals surface area contributed by atoms with Crippen molar-refractivity contribution < 1.29 is 71.5 Å². The Bertz CT molecular complexity index is 2970. The van der Waals surface area contributed by atoms with E-state index in [1.807, 2.05) is 48.5 Å². The van der Waals surface area contributed by atoms with Crippen LogP contribution in [0.4, 0.5) is 9.59 Å². The minimum atomic E-state index is -1.68. The van der Waals surface area contributed by atoms with Gasteiger partial charge in [-0.2, -0.15) is 0 Å². The number of Topliss-reactive ketones (excluding diaryl/α,β-unsaturated/α-hetero) is 2. The molecule has 3 aliphatic heterocycles. The third kappa shape index (κ3) is 13.0. The number of ketones is 2. The van der Waals surface area contributed by atoms with Crippen LogP contribution in [0.1, 0.15) is 118 Å². The fourth-order valence-electron chi connectivity index (χ4n) is 12.4. The molecule has 0 aromatic heterocycles. The van der Waals surface area contributed by atoms with Crippen LogP contribution in [0.5, 0.6) is 0 Å². The van der Waals surface area contributed by atoms with Crippen LogP contribution in [-0.4, -0.2) is 134 Å². The van der Waals surface area contributed by atoms with Gasteiger partial charge in [0, 0.05) is 55.2 Å². The lowest BCUT2D eigenvalue weighted by Crippen LogP contribution is -2.62. The van der Waals surface area contributed by atoms with Gasteiger partial charge in [0.25, 0.3) is 0 Å². The molecule has 1 N–H and O–H groups in total. The number of rotatable bonds is 17. The van der Waals surface area contributed by atoms with Gasteiger partial charge in [-0.05, 0) is 98.5 Å². The first kappa shape index (κ1) is 60.5. The van der Waals surface area contributed by atoms with Gasteiger partial charge in [-0.25, -0.2) is 19.2 Å². The van der Waals surface area contributed by atoms with Crippen LogP contribution < -0.4 is 5.32 Å². The average molecular weight is 1130 g/mol. The van der Waals surface area contributed by atoms with Crippen molar-refractivity contribution >= 4 is 41.7 Å². The number of hydrogen-bond donors (Lipinski definition) is 1. The minimum absolute atomic E-state index is 0.0567. The number of azide groups is 1.